The molecule has 3 N–H and O–H groups in total. The van der Waals surface area contributed by atoms with Crippen molar-refractivity contribution in [1.29, 1.82) is 0 Å². The SMILES string of the molecule is CC(SCc1ccccc1)C(=O)NCCC1COc2ccc(C(N)=NC(=O)OC(C)(C)C)cc21. The van der Waals surface area contributed by atoms with Crippen molar-refractivity contribution in [3.05, 3.63) is 65.2 Å². The van der Waals surface area contributed by atoms with E-state index in [1.54, 1.807) is 38.6 Å². The monoisotopic (exact) mass is 483 g/mol. The van der Waals surface area contributed by atoms with Gasteiger partial charge in [0.25, 0.3) is 0 Å². The maximum Gasteiger partial charge on any atom is 0.436 e. The fourth-order valence-corrected chi connectivity index (χ4v) is 4.38. The number of carbonyl (C=O) groups excluding carboxylic acids is 2. The van der Waals surface area contributed by atoms with Crippen LogP contribution in [0.25, 0.3) is 0 Å². The topological polar surface area (TPSA) is 103 Å². The van der Waals surface area contributed by atoms with Gasteiger partial charge in [0.1, 0.15) is 17.2 Å². The molecular weight excluding hydrogens is 450 g/mol. The minimum Gasteiger partial charge on any atom is -0.493 e. The van der Waals surface area contributed by atoms with Gasteiger partial charge in [-0.25, -0.2) is 4.79 Å². The molecule has 3 rings (SSSR count). The number of nitrogens with two attached hydrogens (primary N) is 1. The Morgan fingerprint density at radius 3 is 2.68 bits per heavy atom. The third kappa shape index (κ3) is 7.52. The van der Waals surface area contributed by atoms with Gasteiger partial charge < -0.3 is 20.5 Å². The van der Waals surface area contributed by atoms with Crippen molar-refractivity contribution in [2.24, 2.45) is 10.7 Å². The molecule has 2 amide bonds. The molecule has 7 nitrogen and oxygen atoms in total. The summed E-state index contributed by atoms with van der Waals surface area (Å²) in [4.78, 5) is 28.3. The number of rotatable bonds is 8. The summed E-state index contributed by atoms with van der Waals surface area (Å²) < 4.78 is 11.0. The molecule has 2 aromatic carbocycles. The van der Waals surface area contributed by atoms with Gasteiger partial charge >= 0.3 is 6.09 Å². The Bertz CT molecular complexity index is 1030. The Morgan fingerprint density at radius 2 is 1.97 bits per heavy atom. The highest BCUT2D eigenvalue weighted by molar-refractivity contribution is 7.99. The first-order valence-electron chi connectivity index (χ1n) is 11.4. The molecule has 0 radical (unpaired) electrons. The number of fused-ring (bicyclic) bond motifs is 1. The van der Waals surface area contributed by atoms with Gasteiger partial charge in [0.2, 0.25) is 5.91 Å². The van der Waals surface area contributed by atoms with E-state index in [-0.39, 0.29) is 22.9 Å². The number of amidine groups is 1. The van der Waals surface area contributed by atoms with Gasteiger partial charge in [-0.1, -0.05) is 30.3 Å². The highest BCUT2D eigenvalue weighted by Gasteiger charge is 2.25. The quantitative estimate of drug-likeness (QED) is 0.419. The maximum absolute atomic E-state index is 12.5. The van der Waals surface area contributed by atoms with Crippen molar-refractivity contribution in [2.45, 2.75) is 56.6 Å². The van der Waals surface area contributed by atoms with Crippen LogP contribution in [0.15, 0.2) is 53.5 Å². The number of nitrogens with one attached hydrogen (secondary N) is 1. The molecule has 0 aliphatic carbocycles. The Morgan fingerprint density at radius 1 is 1.24 bits per heavy atom. The molecule has 2 atom stereocenters. The van der Waals surface area contributed by atoms with Crippen molar-refractivity contribution in [3.63, 3.8) is 0 Å². The van der Waals surface area contributed by atoms with Crippen molar-refractivity contribution >= 4 is 29.6 Å². The van der Waals surface area contributed by atoms with E-state index in [4.69, 9.17) is 15.2 Å². The minimum atomic E-state index is -0.722. The van der Waals surface area contributed by atoms with E-state index in [0.29, 0.717) is 18.7 Å². The first-order valence-corrected chi connectivity index (χ1v) is 12.4. The van der Waals surface area contributed by atoms with Gasteiger partial charge in [-0.2, -0.15) is 4.99 Å². The molecule has 1 heterocycles. The predicted molar refractivity (Wildman–Crippen MR) is 136 cm³/mol. The van der Waals surface area contributed by atoms with E-state index >= 15 is 0 Å². The van der Waals surface area contributed by atoms with Gasteiger partial charge in [0.15, 0.2) is 0 Å². The molecule has 0 saturated carbocycles. The Hall–Kier alpha value is -3.00. The van der Waals surface area contributed by atoms with Gasteiger partial charge in [-0.15, -0.1) is 11.8 Å². The van der Waals surface area contributed by atoms with E-state index in [0.717, 1.165) is 23.5 Å². The van der Waals surface area contributed by atoms with Crippen LogP contribution in [0.1, 0.15) is 56.7 Å². The first kappa shape index (κ1) is 25.6. The summed E-state index contributed by atoms with van der Waals surface area (Å²) in [6.45, 7) is 8.33. The molecular formula is C26H33N3O4S. The largest absolute Gasteiger partial charge is 0.493 e. The van der Waals surface area contributed by atoms with E-state index in [1.165, 1.54) is 5.56 Å². The van der Waals surface area contributed by atoms with Crippen molar-refractivity contribution in [1.82, 2.24) is 5.32 Å². The van der Waals surface area contributed by atoms with Gasteiger partial charge in [-0.05, 0) is 57.9 Å². The van der Waals surface area contributed by atoms with Crippen LogP contribution in [0.3, 0.4) is 0 Å². The molecule has 0 fully saturated rings. The number of ether oxygens (including phenoxy) is 2. The molecule has 0 spiro atoms. The highest BCUT2D eigenvalue weighted by atomic mass is 32.2. The lowest BCUT2D eigenvalue weighted by molar-refractivity contribution is -0.120. The Balaban J connectivity index is 1.52. The Labute approximate surface area is 205 Å². The summed E-state index contributed by atoms with van der Waals surface area (Å²) in [5, 5.41) is 2.90. The average molecular weight is 484 g/mol. The van der Waals surface area contributed by atoms with E-state index in [1.807, 2.05) is 37.3 Å². The van der Waals surface area contributed by atoms with Crippen LogP contribution >= 0.6 is 11.8 Å². The molecule has 2 aromatic rings. The second kappa shape index (κ2) is 11.4. The number of nitrogens with zero attached hydrogens (tertiary/aromatic N) is 1. The molecule has 1 aliphatic heterocycles. The lowest BCUT2D eigenvalue weighted by Crippen LogP contribution is -2.32. The summed E-state index contributed by atoms with van der Waals surface area (Å²) in [6.07, 6.45) is 0.0155. The van der Waals surface area contributed by atoms with E-state index < -0.39 is 11.7 Å². The summed E-state index contributed by atoms with van der Waals surface area (Å²) >= 11 is 1.62. The van der Waals surface area contributed by atoms with Crippen LogP contribution in [-0.2, 0) is 15.3 Å². The summed E-state index contributed by atoms with van der Waals surface area (Å²) in [6, 6.07) is 15.6. The van der Waals surface area contributed by atoms with Crippen LogP contribution in [0, 0.1) is 0 Å². The predicted octanol–water partition coefficient (Wildman–Crippen LogP) is 4.63. The van der Waals surface area contributed by atoms with Crippen LogP contribution in [0.2, 0.25) is 0 Å². The van der Waals surface area contributed by atoms with Crippen LogP contribution in [0.4, 0.5) is 4.79 Å². The molecule has 8 heteroatoms. The third-order valence-corrected chi connectivity index (χ3v) is 6.51. The smallest absolute Gasteiger partial charge is 0.436 e. The summed E-state index contributed by atoms with van der Waals surface area (Å²) in [5.74, 6) is 1.84. The van der Waals surface area contributed by atoms with Crippen molar-refractivity contribution < 1.29 is 19.1 Å². The number of aliphatic imine (C=N–C) groups is 1. The standard InChI is InChI=1S/C26H33N3O4S/c1-17(34-16-18-8-6-5-7-9-18)24(30)28-13-12-20-15-32-22-11-10-19(14-21(20)22)23(27)29-25(31)33-26(2,3)4/h5-11,14,17,20H,12-13,15-16H2,1-4H3,(H,28,30)(H2,27,29,31). The van der Waals surface area contributed by atoms with Crippen molar-refractivity contribution in [3.8, 4) is 5.75 Å². The number of benzene rings is 2. The number of hydrogen-bond acceptors (Lipinski definition) is 5. The molecule has 0 saturated heterocycles. The Kier molecular flexibility index (Phi) is 8.61. The average Bonchev–Trinajstić information content (AvgIpc) is 3.19. The van der Waals surface area contributed by atoms with Crippen LogP contribution in [-0.4, -0.2) is 41.8 Å². The molecule has 34 heavy (non-hydrogen) atoms. The molecule has 0 aromatic heterocycles. The zero-order chi connectivity index (χ0) is 24.7. The van der Waals surface area contributed by atoms with Gasteiger partial charge in [-0.3, -0.25) is 4.79 Å². The fraction of sp³-hybridized carbons (Fsp3) is 0.423. The number of carbonyl (C=O) groups is 2. The fourth-order valence-electron chi connectivity index (χ4n) is 3.51. The maximum atomic E-state index is 12.5. The molecule has 182 valence electrons. The molecule has 2 unspecified atom stereocenters. The number of hydrogen-bond donors (Lipinski definition) is 2. The second-order valence-electron chi connectivity index (χ2n) is 9.26. The number of thioether (sulfide) groups is 1. The molecule has 1 aliphatic rings. The lowest BCUT2D eigenvalue weighted by atomic mass is 9.96. The second-order valence-corrected chi connectivity index (χ2v) is 10.6. The highest BCUT2D eigenvalue weighted by Crippen LogP contribution is 2.36. The molecule has 0 bridgehead atoms. The number of amides is 2. The van der Waals surface area contributed by atoms with Crippen molar-refractivity contribution in [2.75, 3.05) is 13.2 Å². The third-order valence-electron chi connectivity index (χ3n) is 5.29. The zero-order valence-corrected chi connectivity index (χ0v) is 21.0. The lowest BCUT2D eigenvalue weighted by Gasteiger charge is -2.17. The minimum absolute atomic E-state index is 0.0301. The zero-order valence-electron chi connectivity index (χ0n) is 20.2. The summed E-state index contributed by atoms with van der Waals surface area (Å²) in [7, 11) is 0. The normalized spacial score (nSPS) is 16.4. The van der Waals surface area contributed by atoms with E-state index in [9.17, 15) is 9.59 Å². The van der Waals surface area contributed by atoms with Gasteiger partial charge in [0.05, 0.1) is 11.9 Å². The van der Waals surface area contributed by atoms with Gasteiger partial charge in [0, 0.05) is 29.3 Å². The van der Waals surface area contributed by atoms with Crippen LogP contribution in [0.5, 0.6) is 5.75 Å². The van der Waals surface area contributed by atoms with Crippen LogP contribution < -0.4 is 15.8 Å². The van der Waals surface area contributed by atoms with E-state index in [2.05, 4.69) is 22.4 Å². The first-order chi connectivity index (χ1) is 16.1. The summed E-state index contributed by atoms with van der Waals surface area (Å²) in [5.41, 5.74) is 8.25.